The van der Waals surface area contributed by atoms with Gasteiger partial charge in [0, 0.05) is 11.0 Å². The first kappa shape index (κ1) is 17.1. The van der Waals surface area contributed by atoms with Crippen LogP contribution in [0.4, 0.5) is 4.39 Å². The number of halogens is 2. The van der Waals surface area contributed by atoms with Crippen molar-refractivity contribution in [3.63, 3.8) is 0 Å². The molecular formula is C13H14BrFN2O4. The molecule has 0 heterocycles. The third-order valence-electron chi connectivity index (χ3n) is 2.31. The highest BCUT2D eigenvalue weighted by molar-refractivity contribution is 9.10. The average molecular weight is 361 g/mol. The maximum Gasteiger partial charge on any atom is 0.339 e. The molecule has 0 unspecified atom stereocenters. The van der Waals surface area contributed by atoms with Gasteiger partial charge in [-0.1, -0.05) is 0 Å². The summed E-state index contributed by atoms with van der Waals surface area (Å²) in [4.78, 5) is 34.2. The van der Waals surface area contributed by atoms with E-state index in [2.05, 4.69) is 26.6 Å². The van der Waals surface area contributed by atoms with Crippen molar-refractivity contribution in [2.45, 2.75) is 6.92 Å². The maximum absolute atomic E-state index is 12.9. The lowest BCUT2D eigenvalue weighted by Gasteiger charge is -2.07. The average Bonchev–Trinajstić information content (AvgIpc) is 2.43. The van der Waals surface area contributed by atoms with Gasteiger partial charge in [-0.2, -0.15) is 0 Å². The lowest BCUT2D eigenvalue weighted by atomic mass is 10.2. The molecule has 0 aliphatic heterocycles. The second-order valence-corrected chi connectivity index (χ2v) is 4.78. The first-order valence-electron chi connectivity index (χ1n) is 6.09. The summed E-state index contributed by atoms with van der Waals surface area (Å²) in [6, 6.07) is 3.47. The first-order valence-corrected chi connectivity index (χ1v) is 6.89. The second kappa shape index (κ2) is 8.35. The van der Waals surface area contributed by atoms with Crippen LogP contribution in [0.15, 0.2) is 22.7 Å². The van der Waals surface area contributed by atoms with Crippen molar-refractivity contribution >= 4 is 33.7 Å². The predicted molar refractivity (Wildman–Crippen MR) is 76.1 cm³/mol. The highest BCUT2D eigenvalue weighted by Crippen LogP contribution is 2.18. The molecule has 6 nitrogen and oxygen atoms in total. The highest BCUT2D eigenvalue weighted by Gasteiger charge is 2.14. The summed E-state index contributed by atoms with van der Waals surface area (Å²) in [6.07, 6.45) is 0. The minimum Gasteiger partial charge on any atom is -0.452 e. The summed E-state index contributed by atoms with van der Waals surface area (Å²) in [7, 11) is 0. The Kier molecular flexibility index (Phi) is 6.80. The maximum atomic E-state index is 12.9. The molecule has 2 amide bonds. The van der Waals surface area contributed by atoms with Crippen LogP contribution < -0.4 is 10.6 Å². The van der Waals surface area contributed by atoms with Gasteiger partial charge in [0.05, 0.1) is 12.1 Å². The Balaban J connectivity index is 2.42. The fourth-order valence-corrected chi connectivity index (χ4v) is 1.87. The van der Waals surface area contributed by atoms with Crippen LogP contribution in [0.2, 0.25) is 0 Å². The molecule has 0 radical (unpaired) electrons. The number of carbonyl (C=O) groups excluding carboxylic acids is 3. The topological polar surface area (TPSA) is 84.5 Å². The Labute approximate surface area is 129 Å². The monoisotopic (exact) mass is 360 g/mol. The zero-order valence-electron chi connectivity index (χ0n) is 11.2. The first-order chi connectivity index (χ1) is 9.93. The summed E-state index contributed by atoms with van der Waals surface area (Å²) < 4.78 is 17.9. The number of carbonyl (C=O) groups is 3. The molecule has 1 rings (SSSR count). The van der Waals surface area contributed by atoms with Gasteiger partial charge >= 0.3 is 5.97 Å². The Morgan fingerprint density at radius 2 is 1.95 bits per heavy atom. The number of hydrogen-bond donors (Lipinski definition) is 2. The van der Waals surface area contributed by atoms with Crippen LogP contribution in [0.5, 0.6) is 0 Å². The molecule has 114 valence electrons. The van der Waals surface area contributed by atoms with Crippen molar-refractivity contribution in [2.24, 2.45) is 0 Å². The molecule has 0 aromatic heterocycles. The zero-order valence-corrected chi connectivity index (χ0v) is 12.8. The summed E-state index contributed by atoms with van der Waals surface area (Å²) in [6.45, 7) is 1.50. The molecule has 0 atom stereocenters. The van der Waals surface area contributed by atoms with E-state index in [0.29, 0.717) is 6.54 Å². The number of amides is 2. The van der Waals surface area contributed by atoms with Gasteiger partial charge in [-0.05, 0) is 41.1 Å². The molecule has 0 spiro atoms. The largest absolute Gasteiger partial charge is 0.452 e. The van der Waals surface area contributed by atoms with Crippen LogP contribution in [0.3, 0.4) is 0 Å². The quantitative estimate of drug-likeness (QED) is 0.741. The lowest BCUT2D eigenvalue weighted by molar-refractivity contribution is -0.127. The van der Waals surface area contributed by atoms with Gasteiger partial charge < -0.3 is 15.4 Å². The summed E-state index contributed by atoms with van der Waals surface area (Å²) in [5, 5.41) is 4.80. The van der Waals surface area contributed by atoms with Crippen LogP contribution in [0.1, 0.15) is 17.3 Å². The Morgan fingerprint density at radius 3 is 2.57 bits per heavy atom. The molecule has 1 aromatic carbocycles. The molecule has 0 bridgehead atoms. The number of ether oxygens (including phenoxy) is 1. The molecule has 21 heavy (non-hydrogen) atoms. The smallest absolute Gasteiger partial charge is 0.339 e. The van der Waals surface area contributed by atoms with Gasteiger partial charge in [0.2, 0.25) is 5.91 Å². The number of esters is 1. The van der Waals surface area contributed by atoms with E-state index < -0.39 is 24.3 Å². The van der Waals surface area contributed by atoms with E-state index in [1.54, 1.807) is 6.92 Å². The molecule has 0 saturated carbocycles. The van der Waals surface area contributed by atoms with E-state index in [9.17, 15) is 18.8 Å². The summed E-state index contributed by atoms with van der Waals surface area (Å²) in [5.74, 6) is -2.21. The molecule has 1 aromatic rings. The van der Waals surface area contributed by atoms with E-state index in [4.69, 9.17) is 4.74 Å². The summed E-state index contributed by atoms with van der Waals surface area (Å²) in [5.41, 5.74) is 0.105. The molecular weight excluding hydrogens is 347 g/mol. The van der Waals surface area contributed by atoms with Crippen LogP contribution >= 0.6 is 15.9 Å². The number of nitrogens with one attached hydrogen (secondary N) is 2. The minimum absolute atomic E-state index is 0.105. The zero-order chi connectivity index (χ0) is 15.8. The third-order valence-corrected chi connectivity index (χ3v) is 2.96. The number of rotatable bonds is 6. The minimum atomic E-state index is -0.768. The normalized spacial score (nSPS) is 9.86. The van der Waals surface area contributed by atoms with Crippen LogP contribution in [0.25, 0.3) is 0 Å². The third kappa shape index (κ3) is 5.90. The van der Waals surface area contributed by atoms with Crippen molar-refractivity contribution < 1.29 is 23.5 Å². The molecule has 0 saturated heterocycles. The van der Waals surface area contributed by atoms with Crippen LogP contribution in [-0.2, 0) is 14.3 Å². The van der Waals surface area contributed by atoms with Gasteiger partial charge in [0.1, 0.15) is 5.82 Å². The highest BCUT2D eigenvalue weighted by atomic mass is 79.9. The number of benzene rings is 1. The molecule has 0 fully saturated rings. The van der Waals surface area contributed by atoms with Gasteiger partial charge in [-0.3, -0.25) is 9.59 Å². The fraction of sp³-hybridized carbons (Fsp3) is 0.308. The van der Waals surface area contributed by atoms with Crippen molar-refractivity contribution in [2.75, 3.05) is 19.7 Å². The number of hydrogen-bond acceptors (Lipinski definition) is 4. The summed E-state index contributed by atoms with van der Waals surface area (Å²) >= 11 is 3.03. The Bertz CT molecular complexity index is 551. The Morgan fingerprint density at radius 1 is 1.24 bits per heavy atom. The van der Waals surface area contributed by atoms with Crippen molar-refractivity contribution in [3.05, 3.63) is 34.1 Å². The Hall–Kier alpha value is -1.96. The second-order valence-electron chi connectivity index (χ2n) is 3.93. The van der Waals surface area contributed by atoms with Crippen LogP contribution in [0, 0.1) is 5.82 Å². The predicted octanol–water partition coefficient (Wildman–Crippen LogP) is 0.997. The number of likely N-dealkylation sites (N-methyl/N-ethyl adjacent to an activating group) is 1. The van der Waals surface area contributed by atoms with E-state index in [0.717, 1.165) is 12.1 Å². The van der Waals surface area contributed by atoms with Gasteiger partial charge in [-0.25, -0.2) is 9.18 Å². The van der Waals surface area contributed by atoms with Gasteiger partial charge in [0.15, 0.2) is 6.61 Å². The molecule has 2 N–H and O–H groups in total. The molecule has 0 aliphatic carbocycles. The van der Waals surface area contributed by atoms with Crippen molar-refractivity contribution in [1.29, 1.82) is 0 Å². The van der Waals surface area contributed by atoms with Crippen molar-refractivity contribution in [1.82, 2.24) is 10.6 Å². The van der Waals surface area contributed by atoms with Crippen molar-refractivity contribution in [3.8, 4) is 0 Å². The lowest BCUT2D eigenvalue weighted by Crippen LogP contribution is -2.38. The van der Waals surface area contributed by atoms with E-state index in [-0.39, 0.29) is 22.5 Å². The van der Waals surface area contributed by atoms with Gasteiger partial charge in [0.25, 0.3) is 5.91 Å². The standard InChI is InChI=1S/C13H14BrFN2O4/c1-2-16-11(18)6-17-12(19)7-21-13(20)9-4-3-8(15)5-10(9)14/h3-5H,2,6-7H2,1H3,(H,16,18)(H,17,19). The van der Waals surface area contributed by atoms with Crippen LogP contribution in [-0.4, -0.2) is 37.5 Å². The molecule has 0 aliphatic rings. The van der Waals surface area contributed by atoms with E-state index >= 15 is 0 Å². The van der Waals surface area contributed by atoms with Gasteiger partial charge in [-0.15, -0.1) is 0 Å². The van der Waals surface area contributed by atoms with E-state index in [1.165, 1.54) is 6.07 Å². The molecule has 8 heteroatoms. The van der Waals surface area contributed by atoms with E-state index in [1.807, 2.05) is 0 Å². The SMILES string of the molecule is CCNC(=O)CNC(=O)COC(=O)c1ccc(F)cc1Br. The fourth-order valence-electron chi connectivity index (χ4n) is 1.35.